The van der Waals surface area contributed by atoms with Crippen molar-refractivity contribution in [1.82, 2.24) is 0 Å². The monoisotopic (exact) mass is 444 g/mol. The molecule has 28 heavy (non-hydrogen) atoms. The summed E-state index contributed by atoms with van der Waals surface area (Å²) in [6, 6.07) is 9.27. The van der Waals surface area contributed by atoms with Crippen LogP contribution in [0.3, 0.4) is 0 Å². The quantitative estimate of drug-likeness (QED) is 0.673. The number of carboxylic acid groups (broad SMARTS) is 1. The fourth-order valence-electron chi connectivity index (χ4n) is 2.52. The zero-order chi connectivity index (χ0) is 21.5. The molecule has 1 N–H and O–H groups in total. The zero-order valence-electron chi connectivity index (χ0n) is 16.2. The first-order chi connectivity index (χ1) is 12.7. The van der Waals surface area contributed by atoms with Gasteiger partial charge in [-0.15, -0.1) is 0 Å². The van der Waals surface area contributed by atoms with Crippen molar-refractivity contribution in [3.05, 3.63) is 46.4 Å². The Morgan fingerprint density at radius 3 is 2.11 bits per heavy atom. The second-order valence-corrected chi connectivity index (χ2v) is 10.6. The summed E-state index contributed by atoms with van der Waals surface area (Å²) in [5.41, 5.74) is -1.18. The van der Waals surface area contributed by atoms with Gasteiger partial charge in [0.2, 0.25) is 5.60 Å². The molecule has 0 spiro atoms. The molecular weight excluding hydrogens is 423 g/mol. The van der Waals surface area contributed by atoms with E-state index in [1.165, 1.54) is 19.1 Å². The summed E-state index contributed by atoms with van der Waals surface area (Å²) < 4.78 is 29.6. The first-order valence-electron chi connectivity index (χ1n) is 8.39. The van der Waals surface area contributed by atoms with Crippen molar-refractivity contribution in [2.75, 3.05) is 6.26 Å². The minimum absolute atomic E-state index is 0.00692. The number of carboxylic acids is 1. The van der Waals surface area contributed by atoms with Crippen LogP contribution in [-0.4, -0.2) is 31.4 Å². The summed E-state index contributed by atoms with van der Waals surface area (Å²) in [5, 5.41) is 10.2. The summed E-state index contributed by atoms with van der Waals surface area (Å²) >= 11 is 12.3. The Bertz CT molecular complexity index is 1030. The molecule has 8 heteroatoms. The SMILES string of the molecule is CC(C)(C)[C@](C)(Oc1ccc(Cl)cc1-c1ccc(S(C)(=O)=O)c(Cl)c1)C(=O)O. The van der Waals surface area contributed by atoms with E-state index < -0.39 is 26.8 Å². The molecule has 2 aromatic rings. The predicted octanol–water partition coefficient (Wildman–Crippen LogP) is 5.33. The van der Waals surface area contributed by atoms with Crippen molar-refractivity contribution in [3.63, 3.8) is 0 Å². The predicted molar refractivity (Wildman–Crippen MR) is 111 cm³/mol. The normalized spacial score (nSPS) is 14.4. The lowest BCUT2D eigenvalue weighted by Crippen LogP contribution is -2.52. The highest BCUT2D eigenvalue weighted by Gasteiger charge is 2.47. The fourth-order valence-corrected chi connectivity index (χ4v) is 4.02. The first kappa shape index (κ1) is 22.5. The lowest BCUT2D eigenvalue weighted by atomic mass is 9.77. The zero-order valence-corrected chi connectivity index (χ0v) is 18.5. The van der Waals surface area contributed by atoms with E-state index in [2.05, 4.69) is 0 Å². The van der Waals surface area contributed by atoms with Crippen molar-refractivity contribution in [3.8, 4) is 16.9 Å². The number of hydrogen-bond acceptors (Lipinski definition) is 4. The van der Waals surface area contributed by atoms with Gasteiger partial charge in [0, 0.05) is 22.3 Å². The van der Waals surface area contributed by atoms with Gasteiger partial charge in [0.25, 0.3) is 0 Å². The van der Waals surface area contributed by atoms with Crippen LogP contribution in [0.2, 0.25) is 10.0 Å². The van der Waals surface area contributed by atoms with Gasteiger partial charge in [0.15, 0.2) is 9.84 Å². The van der Waals surface area contributed by atoms with Gasteiger partial charge in [-0.25, -0.2) is 13.2 Å². The van der Waals surface area contributed by atoms with Crippen LogP contribution >= 0.6 is 23.2 Å². The summed E-state index contributed by atoms with van der Waals surface area (Å²) in [6.45, 7) is 6.82. The minimum Gasteiger partial charge on any atom is -0.478 e. The largest absolute Gasteiger partial charge is 0.478 e. The molecule has 0 radical (unpaired) electrons. The Morgan fingerprint density at radius 1 is 1.04 bits per heavy atom. The van der Waals surface area contributed by atoms with Crippen LogP contribution in [-0.2, 0) is 14.6 Å². The third-order valence-corrected chi connectivity index (χ3v) is 6.55. The topological polar surface area (TPSA) is 80.7 Å². The van der Waals surface area contributed by atoms with E-state index in [0.717, 1.165) is 6.26 Å². The number of halogens is 2. The second kappa shape index (κ2) is 7.58. The van der Waals surface area contributed by atoms with Gasteiger partial charge in [-0.05, 0) is 42.8 Å². The van der Waals surface area contributed by atoms with Crippen molar-refractivity contribution in [1.29, 1.82) is 0 Å². The minimum atomic E-state index is -3.48. The molecule has 1 atom stereocenters. The van der Waals surface area contributed by atoms with Gasteiger partial charge in [-0.1, -0.05) is 50.0 Å². The fraction of sp³-hybridized carbons (Fsp3) is 0.350. The Balaban J connectivity index is 2.64. The van der Waals surface area contributed by atoms with E-state index >= 15 is 0 Å². The summed E-state index contributed by atoms with van der Waals surface area (Å²) in [4.78, 5) is 12.0. The Labute approximate surface area is 175 Å². The smallest absolute Gasteiger partial charge is 0.348 e. The molecule has 0 aliphatic heterocycles. The number of sulfone groups is 1. The maximum Gasteiger partial charge on any atom is 0.348 e. The molecule has 0 aliphatic rings. The van der Waals surface area contributed by atoms with Crippen LogP contribution in [0.1, 0.15) is 27.7 Å². The van der Waals surface area contributed by atoms with Gasteiger partial charge in [-0.2, -0.15) is 0 Å². The maximum atomic E-state index is 12.0. The van der Waals surface area contributed by atoms with Crippen LogP contribution in [0, 0.1) is 5.41 Å². The van der Waals surface area contributed by atoms with Crippen LogP contribution in [0.4, 0.5) is 0 Å². The Kier molecular flexibility index (Phi) is 6.10. The van der Waals surface area contributed by atoms with Gasteiger partial charge in [0.1, 0.15) is 5.75 Å². The lowest BCUT2D eigenvalue weighted by molar-refractivity contribution is -0.163. The average Bonchev–Trinajstić information content (AvgIpc) is 2.53. The molecule has 0 unspecified atom stereocenters. The highest BCUT2D eigenvalue weighted by Crippen LogP contribution is 2.41. The number of aliphatic carboxylic acids is 1. The van der Waals surface area contributed by atoms with Crippen molar-refractivity contribution in [2.45, 2.75) is 38.2 Å². The molecule has 2 rings (SSSR count). The lowest BCUT2D eigenvalue weighted by Gasteiger charge is -2.38. The molecular formula is C20H22Cl2O5S. The Hall–Kier alpha value is -1.76. The highest BCUT2D eigenvalue weighted by atomic mass is 35.5. The first-order valence-corrected chi connectivity index (χ1v) is 11.0. The third-order valence-electron chi connectivity index (χ3n) is 4.74. The molecule has 0 aliphatic carbocycles. The molecule has 0 amide bonds. The van der Waals surface area contributed by atoms with E-state index in [0.29, 0.717) is 21.9 Å². The van der Waals surface area contributed by atoms with E-state index in [-0.39, 0.29) is 9.92 Å². The number of hydrogen-bond donors (Lipinski definition) is 1. The van der Waals surface area contributed by atoms with E-state index in [4.69, 9.17) is 27.9 Å². The molecule has 0 saturated heterocycles. The van der Waals surface area contributed by atoms with E-state index in [9.17, 15) is 18.3 Å². The summed E-state index contributed by atoms with van der Waals surface area (Å²) in [7, 11) is -3.48. The number of benzene rings is 2. The van der Waals surface area contributed by atoms with E-state index in [1.807, 2.05) is 0 Å². The van der Waals surface area contributed by atoms with Gasteiger partial charge < -0.3 is 9.84 Å². The summed E-state index contributed by atoms with van der Waals surface area (Å²) in [5.74, 6) is -0.807. The molecule has 0 saturated carbocycles. The van der Waals surface area contributed by atoms with Crippen LogP contribution in [0.25, 0.3) is 11.1 Å². The second-order valence-electron chi connectivity index (χ2n) is 7.75. The maximum absolute atomic E-state index is 12.0. The van der Waals surface area contributed by atoms with Crippen molar-refractivity contribution >= 4 is 39.0 Å². The molecule has 0 fully saturated rings. The average molecular weight is 445 g/mol. The molecule has 152 valence electrons. The standard InChI is InChI=1S/C20H22Cl2O5S/c1-19(2,3)20(4,18(23)24)27-16-8-7-13(21)11-14(16)12-6-9-17(15(22)10-12)28(5,25)26/h6-11H,1-5H3,(H,23,24)/t20-/m1/s1. The number of ether oxygens (including phenoxy) is 1. The Morgan fingerprint density at radius 2 is 1.64 bits per heavy atom. The van der Waals surface area contributed by atoms with Crippen LogP contribution in [0.15, 0.2) is 41.3 Å². The highest BCUT2D eigenvalue weighted by molar-refractivity contribution is 7.90. The van der Waals surface area contributed by atoms with Gasteiger partial charge in [-0.3, -0.25) is 0 Å². The number of rotatable bonds is 5. The summed E-state index contributed by atoms with van der Waals surface area (Å²) in [6.07, 6.45) is 1.07. The van der Waals surface area contributed by atoms with Crippen LogP contribution < -0.4 is 4.74 Å². The third kappa shape index (κ3) is 4.45. The molecule has 2 aromatic carbocycles. The molecule has 0 aromatic heterocycles. The van der Waals surface area contributed by atoms with Crippen molar-refractivity contribution < 1.29 is 23.1 Å². The molecule has 0 heterocycles. The molecule has 0 bridgehead atoms. The van der Waals surface area contributed by atoms with Gasteiger partial charge >= 0.3 is 5.97 Å². The molecule has 5 nitrogen and oxygen atoms in total. The van der Waals surface area contributed by atoms with Crippen LogP contribution in [0.5, 0.6) is 5.75 Å². The van der Waals surface area contributed by atoms with Crippen molar-refractivity contribution in [2.24, 2.45) is 5.41 Å². The van der Waals surface area contributed by atoms with E-state index in [1.54, 1.807) is 45.0 Å². The number of carbonyl (C=O) groups is 1. The van der Waals surface area contributed by atoms with Gasteiger partial charge in [0.05, 0.1) is 9.92 Å².